The number of rotatable bonds is 6. The number of hydrogen-bond donors (Lipinski definition) is 1. The van der Waals surface area contributed by atoms with Crippen molar-refractivity contribution in [2.24, 2.45) is 0 Å². The summed E-state index contributed by atoms with van der Waals surface area (Å²) >= 11 is 1.42. The molecular weight excluding hydrogens is 408 g/mol. The molecule has 0 bridgehead atoms. The van der Waals surface area contributed by atoms with Gasteiger partial charge in [0.05, 0.1) is 18.4 Å². The van der Waals surface area contributed by atoms with Crippen LogP contribution in [0.25, 0.3) is 6.08 Å². The number of nitrogens with one attached hydrogen (secondary N) is 1. The van der Waals surface area contributed by atoms with Crippen molar-refractivity contribution in [3.63, 3.8) is 0 Å². The van der Waals surface area contributed by atoms with E-state index in [9.17, 15) is 9.59 Å². The average molecular weight is 431 g/mol. The van der Waals surface area contributed by atoms with Gasteiger partial charge >= 0.3 is 0 Å². The van der Waals surface area contributed by atoms with Crippen molar-refractivity contribution >= 4 is 29.7 Å². The summed E-state index contributed by atoms with van der Waals surface area (Å²) in [6, 6.07) is 26.7. The van der Waals surface area contributed by atoms with Gasteiger partial charge in [0.25, 0.3) is 5.91 Å². The van der Waals surface area contributed by atoms with Gasteiger partial charge in [-0.25, -0.2) is 5.01 Å². The molecule has 1 aliphatic rings. The molecule has 4 rings (SSSR count). The van der Waals surface area contributed by atoms with Gasteiger partial charge in [-0.3, -0.25) is 15.0 Å². The van der Waals surface area contributed by atoms with Crippen LogP contribution in [-0.2, 0) is 16.0 Å². The third kappa shape index (κ3) is 4.98. The van der Waals surface area contributed by atoms with E-state index in [1.807, 2.05) is 91.0 Å². The number of methoxy groups -OCH3 is 1. The maximum atomic E-state index is 13.2. The molecule has 5 nitrogen and oxygen atoms in total. The van der Waals surface area contributed by atoms with E-state index in [2.05, 4.69) is 5.43 Å². The van der Waals surface area contributed by atoms with E-state index in [1.54, 1.807) is 7.11 Å². The Balaban J connectivity index is 1.60. The zero-order chi connectivity index (χ0) is 21.6. The van der Waals surface area contributed by atoms with Gasteiger partial charge in [-0.05, 0) is 34.9 Å². The van der Waals surface area contributed by atoms with Crippen LogP contribution in [0.1, 0.15) is 22.1 Å². The summed E-state index contributed by atoms with van der Waals surface area (Å²) in [7, 11) is 1.61. The zero-order valence-electron chi connectivity index (χ0n) is 17.0. The van der Waals surface area contributed by atoms with Crippen molar-refractivity contribution in [2.45, 2.75) is 11.8 Å². The number of hydrazine groups is 1. The standard InChI is InChI=1S/C25H22N2O3S/c1-30-21-14-12-20(13-15-21)25-27(26-23(28)17-19-10-6-3-7-11-19)24(29)22(31-25)16-18-8-4-2-5-9-18/h2-16,25H,17H2,1H3,(H,26,28)/b22-16-/t25-/m1/s1. The molecule has 3 aromatic carbocycles. The van der Waals surface area contributed by atoms with E-state index in [1.165, 1.54) is 16.8 Å². The topological polar surface area (TPSA) is 58.6 Å². The number of thioether (sulfide) groups is 1. The first-order valence-corrected chi connectivity index (χ1v) is 10.8. The van der Waals surface area contributed by atoms with Crippen LogP contribution < -0.4 is 10.2 Å². The molecule has 31 heavy (non-hydrogen) atoms. The molecule has 2 amide bonds. The summed E-state index contributed by atoms with van der Waals surface area (Å²) in [4.78, 5) is 26.5. The summed E-state index contributed by atoms with van der Waals surface area (Å²) in [5.74, 6) is 0.272. The minimum absolute atomic E-state index is 0.197. The smallest absolute Gasteiger partial charge is 0.280 e. The van der Waals surface area contributed by atoms with Crippen molar-refractivity contribution in [1.29, 1.82) is 0 Å². The molecule has 156 valence electrons. The maximum absolute atomic E-state index is 13.2. The first kappa shape index (κ1) is 20.8. The molecule has 1 fully saturated rings. The van der Waals surface area contributed by atoms with Gasteiger partial charge < -0.3 is 4.74 Å². The van der Waals surface area contributed by atoms with E-state index < -0.39 is 0 Å². The molecule has 0 unspecified atom stereocenters. The predicted octanol–water partition coefficient (Wildman–Crippen LogP) is 4.58. The highest BCUT2D eigenvalue weighted by atomic mass is 32.2. The lowest BCUT2D eigenvalue weighted by atomic mass is 10.1. The number of amides is 2. The van der Waals surface area contributed by atoms with Gasteiger partial charge in [0.2, 0.25) is 5.91 Å². The van der Waals surface area contributed by atoms with Crippen molar-refractivity contribution in [2.75, 3.05) is 7.11 Å². The fourth-order valence-corrected chi connectivity index (χ4v) is 4.49. The summed E-state index contributed by atoms with van der Waals surface area (Å²) in [5, 5.41) is 1.06. The van der Waals surface area contributed by atoms with Gasteiger partial charge in [-0.2, -0.15) is 0 Å². The molecule has 3 aromatic rings. The monoisotopic (exact) mass is 430 g/mol. The lowest BCUT2D eigenvalue weighted by Crippen LogP contribution is -2.44. The fourth-order valence-electron chi connectivity index (χ4n) is 3.30. The Hall–Kier alpha value is -3.51. The number of carbonyl (C=O) groups excluding carboxylic acids is 2. The molecule has 1 saturated heterocycles. The second kappa shape index (κ2) is 9.53. The van der Waals surface area contributed by atoms with Gasteiger partial charge in [-0.1, -0.05) is 84.6 Å². The van der Waals surface area contributed by atoms with E-state index in [4.69, 9.17) is 4.74 Å². The second-order valence-electron chi connectivity index (χ2n) is 7.04. The molecule has 1 atom stereocenters. The van der Waals surface area contributed by atoms with E-state index in [0.29, 0.717) is 4.91 Å². The van der Waals surface area contributed by atoms with Crippen molar-refractivity contribution in [3.8, 4) is 5.75 Å². The van der Waals surface area contributed by atoms with Gasteiger partial charge in [0, 0.05) is 0 Å². The first-order chi connectivity index (χ1) is 15.1. The highest BCUT2D eigenvalue weighted by Gasteiger charge is 2.38. The highest BCUT2D eigenvalue weighted by Crippen LogP contribution is 2.45. The molecule has 1 heterocycles. The van der Waals surface area contributed by atoms with Gasteiger partial charge in [0.1, 0.15) is 11.1 Å². The Bertz CT molecular complexity index is 1080. The molecule has 1 aliphatic heterocycles. The maximum Gasteiger partial charge on any atom is 0.280 e. The minimum Gasteiger partial charge on any atom is -0.497 e. The summed E-state index contributed by atoms with van der Waals surface area (Å²) < 4.78 is 5.24. The quantitative estimate of drug-likeness (QED) is 0.582. The molecule has 0 aromatic heterocycles. The Kier molecular flexibility index (Phi) is 6.38. The fraction of sp³-hybridized carbons (Fsp3) is 0.120. The Morgan fingerprint density at radius 3 is 2.29 bits per heavy atom. The lowest BCUT2D eigenvalue weighted by molar-refractivity contribution is -0.137. The van der Waals surface area contributed by atoms with Crippen LogP contribution in [0.2, 0.25) is 0 Å². The largest absolute Gasteiger partial charge is 0.497 e. The number of ether oxygens (including phenoxy) is 1. The summed E-state index contributed by atoms with van der Waals surface area (Å²) in [6.07, 6.45) is 2.05. The zero-order valence-corrected chi connectivity index (χ0v) is 17.8. The number of nitrogens with zero attached hydrogens (tertiary/aromatic N) is 1. The molecule has 6 heteroatoms. The molecule has 0 spiro atoms. The van der Waals surface area contributed by atoms with Gasteiger partial charge in [0.15, 0.2) is 0 Å². The van der Waals surface area contributed by atoms with Gasteiger partial charge in [-0.15, -0.1) is 0 Å². The van der Waals surface area contributed by atoms with Crippen molar-refractivity contribution in [3.05, 3.63) is 107 Å². The average Bonchev–Trinajstić information content (AvgIpc) is 3.10. The molecule has 0 radical (unpaired) electrons. The third-order valence-corrected chi connectivity index (χ3v) is 6.11. The van der Waals surface area contributed by atoms with Crippen LogP contribution in [0.4, 0.5) is 0 Å². The number of carbonyl (C=O) groups is 2. The SMILES string of the molecule is COc1ccc([C@H]2S/C(=C\c3ccccc3)C(=O)N2NC(=O)Cc2ccccc2)cc1. The van der Waals surface area contributed by atoms with E-state index >= 15 is 0 Å². The van der Waals surface area contributed by atoms with Crippen molar-refractivity contribution in [1.82, 2.24) is 10.4 Å². The molecule has 0 saturated carbocycles. The Morgan fingerprint density at radius 1 is 1.00 bits per heavy atom. The number of hydrogen-bond acceptors (Lipinski definition) is 4. The van der Waals surface area contributed by atoms with E-state index in [-0.39, 0.29) is 23.6 Å². The summed E-state index contributed by atoms with van der Waals surface area (Å²) in [5.41, 5.74) is 5.54. The van der Waals surface area contributed by atoms with Crippen LogP contribution in [0.3, 0.4) is 0 Å². The second-order valence-corrected chi connectivity index (χ2v) is 8.16. The van der Waals surface area contributed by atoms with Crippen molar-refractivity contribution < 1.29 is 14.3 Å². The third-order valence-electron chi connectivity index (χ3n) is 4.85. The molecule has 1 N–H and O–H groups in total. The van der Waals surface area contributed by atoms with Crippen LogP contribution >= 0.6 is 11.8 Å². The van der Waals surface area contributed by atoms with Crippen LogP contribution in [0, 0.1) is 0 Å². The lowest BCUT2D eigenvalue weighted by Gasteiger charge is -2.24. The number of benzene rings is 3. The predicted molar refractivity (Wildman–Crippen MR) is 123 cm³/mol. The Morgan fingerprint density at radius 2 is 1.65 bits per heavy atom. The van der Waals surface area contributed by atoms with Crippen LogP contribution in [-0.4, -0.2) is 23.9 Å². The molecule has 0 aliphatic carbocycles. The highest BCUT2D eigenvalue weighted by molar-refractivity contribution is 8.04. The van der Waals surface area contributed by atoms with Crippen LogP contribution in [0.5, 0.6) is 5.75 Å². The molecular formula is C25H22N2O3S. The normalized spacial score (nSPS) is 17.1. The minimum atomic E-state index is -0.368. The Labute approximate surface area is 185 Å². The van der Waals surface area contributed by atoms with Crippen LogP contribution in [0.15, 0.2) is 89.8 Å². The summed E-state index contributed by atoms with van der Waals surface area (Å²) in [6.45, 7) is 0. The first-order valence-electron chi connectivity index (χ1n) is 9.88. The van der Waals surface area contributed by atoms with E-state index in [0.717, 1.165) is 22.4 Å².